The molecule has 2 aliphatic carbocycles. The van der Waals surface area contributed by atoms with E-state index in [2.05, 4.69) is 17.2 Å². The molecule has 5 rings (SSSR count). The number of H-pyrrole nitrogens is 1. The van der Waals surface area contributed by atoms with Crippen LogP contribution in [-0.4, -0.2) is 34.4 Å². The third kappa shape index (κ3) is 3.99. The van der Waals surface area contributed by atoms with Crippen LogP contribution in [0.1, 0.15) is 66.7 Å². The molecule has 31 heavy (non-hydrogen) atoms. The highest BCUT2D eigenvalue weighted by Crippen LogP contribution is 2.34. The van der Waals surface area contributed by atoms with Gasteiger partial charge in [-0.3, -0.25) is 4.79 Å². The van der Waals surface area contributed by atoms with E-state index in [0.717, 1.165) is 55.0 Å². The van der Waals surface area contributed by atoms with E-state index in [0.29, 0.717) is 24.3 Å². The number of fused-ring (bicyclic) bond motifs is 2. The molecule has 5 heteroatoms. The fourth-order valence-corrected chi connectivity index (χ4v) is 5.55. The Morgan fingerprint density at radius 3 is 2.87 bits per heavy atom. The van der Waals surface area contributed by atoms with E-state index in [4.69, 9.17) is 0 Å². The van der Waals surface area contributed by atoms with Crippen LogP contribution in [0.3, 0.4) is 0 Å². The van der Waals surface area contributed by atoms with Crippen LogP contribution < -0.4 is 5.32 Å². The van der Waals surface area contributed by atoms with Crippen molar-refractivity contribution in [3.8, 4) is 0 Å². The minimum atomic E-state index is -0.147. The predicted molar refractivity (Wildman–Crippen MR) is 122 cm³/mol. The summed E-state index contributed by atoms with van der Waals surface area (Å²) in [6, 6.07) is 16.1. The smallest absolute Gasteiger partial charge is 0.270 e. The number of benzene rings is 2. The number of carbonyl (C=O) groups excluding carboxylic acids is 1. The molecule has 162 valence electrons. The number of rotatable bonds is 5. The second-order valence-corrected chi connectivity index (χ2v) is 8.98. The molecule has 0 bridgehead atoms. The number of amides is 1. The van der Waals surface area contributed by atoms with Gasteiger partial charge in [-0.25, -0.2) is 4.39 Å². The highest BCUT2D eigenvalue weighted by molar-refractivity contribution is 5.98. The largest absolute Gasteiger partial charge is 0.351 e. The molecule has 4 nitrogen and oxygen atoms in total. The summed E-state index contributed by atoms with van der Waals surface area (Å²) in [4.78, 5) is 18.7. The molecule has 1 saturated carbocycles. The summed E-state index contributed by atoms with van der Waals surface area (Å²) in [7, 11) is 0. The first-order chi connectivity index (χ1) is 15.1. The summed E-state index contributed by atoms with van der Waals surface area (Å²) < 4.78 is 13.5. The van der Waals surface area contributed by atoms with Gasteiger partial charge >= 0.3 is 0 Å². The molecule has 2 N–H and O–H groups in total. The monoisotopic (exact) mass is 419 g/mol. The molecule has 2 aromatic carbocycles. The topological polar surface area (TPSA) is 48.1 Å². The fourth-order valence-electron chi connectivity index (χ4n) is 5.55. The van der Waals surface area contributed by atoms with Gasteiger partial charge in [-0.2, -0.15) is 0 Å². The first-order valence-corrected chi connectivity index (χ1v) is 11.6. The van der Waals surface area contributed by atoms with Gasteiger partial charge in [-0.15, -0.1) is 0 Å². The fraction of sp³-hybridized carbons (Fsp3) is 0.423. The van der Waals surface area contributed by atoms with Crippen molar-refractivity contribution in [2.75, 3.05) is 6.54 Å². The molecule has 1 amide bonds. The normalized spacial score (nSPS) is 23.1. The van der Waals surface area contributed by atoms with Gasteiger partial charge in [0.1, 0.15) is 11.5 Å². The van der Waals surface area contributed by atoms with Crippen molar-refractivity contribution >= 4 is 16.8 Å². The molecule has 0 unspecified atom stereocenters. The lowest BCUT2D eigenvalue weighted by Gasteiger charge is -2.38. The lowest BCUT2D eigenvalue weighted by Crippen LogP contribution is -2.47. The van der Waals surface area contributed by atoms with Gasteiger partial charge in [-0.1, -0.05) is 24.3 Å². The summed E-state index contributed by atoms with van der Waals surface area (Å²) >= 11 is 0. The maximum Gasteiger partial charge on any atom is 0.270 e. The zero-order valence-corrected chi connectivity index (χ0v) is 18.0. The van der Waals surface area contributed by atoms with Gasteiger partial charge in [0.25, 0.3) is 5.91 Å². The van der Waals surface area contributed by atoms with Crippen LogP contribution in [0.4, 0.5) is 4.39 Å². The van der Waals surface area contributed by atoms with Crippen LogP contribution in [0, 0.1) is 5.82 Å². The van der Waals surface area contributed by atoms with Gasteiger partial charge in [0, 0.05) is 35.6 Å². The van der Waals surface area contributed by atoms with Crippen LogP contribution in [-0.2, 0) is 6.42 Å². The summed E-state index contributed by atoms with van der Waals surface area (Å²) in [5.41, 5.74) is 4.05. The van der Waals surface area contributed by atoms with Crippen molar-refractivity contribution in [2.24, 2.45) is 0 Å². The lowest BCUT2D eigenvalue weighted by molar-refractivity contribution is 0.0620. The van der Waals surface area contributed by atoms with Crippen LogP contribution in [0.15, 0.2) is 48.5 Å². The first-order valence-electron chi connectivity index (χ1n) is 11.6. The molecular weight excluding hydrogens is 389 g/mol. The Morgan fingerprint density at radius 2 is 2.03 bits per heavy atom. The number of carbonyl (C=O) groups is 1. The number of para-hydroxylation sites is 1. The van der Waals surface area contributed by atoms with Gasteiger partial charge in [0.2, 0.25) is 0 Å². The summed E-state index contributed by atoms with van der Waals surface area (Å²) in [5.74, 6) is -0.0581. The minimum absolute atomic E-state index is 0.0889. The number of hydrogen-bond acceptors (Lipinski definition) is 2. The van der Waals surface area contributed by atoms with E-state index in [1.807, 2.05) is 41.3 Å². The molecule has 3 aromatic rings. The number of nitrogens with zero attached hydrogens (tertiary/aromatic N) is 1. The van der Waals surface area contributed by atoms with Gasteiger partial charge in [0.15, 0.2) is 0 Å². The average molecular weight is 420 g/mol. The third-order valence-electron chi connectivity index (χ3n) is 7.07. The molecule has 3 atom stereocenters. The zero-order chi connectivity index (χ0) is 21.4. The van der Waals surface area contributed by atoms with E-state index in [1.54, 1.807) is 12.1 Å². The number of aromatic amines is 1. The van der Waals surface area contributed by atoms with Crippen molar-refractivity contribution < 1.29 is 9.18 Å². The average Bonchev–Trinajstić information content (AvgIpc) is 3.38. The first kappa shape index (κ1) is 20.3. The molecule has 2 aliphatic rings. The summed E-state index contributed by atoms with van der Waals surface area (Å²) in [5, 5.41) is 4.91. The van der Waals surface area contributed by atoms with Crippen molar-refractivity contribution in [1.29, 1.82) is 0 Å². The molecular formula is C26H30FN3O. The standard InChI is InChI=1S/C26H30FN3O/c1-2-30(26(31)25-15-18-6-3-4-9-23(18)29-25)21-8-5-7-20(16-21)28-24-13-10-17-14-19(27)11-12-22(17)24/h3-4,6,9,11-12,14-15,20-21,24,28-29H,2,5,7-8,10,13,16H2,1H3/t20-,21+,24-/m1/s1. The third-order valence-corrected chi connectivity index (χ3v) is 7.07. The molecule has 0 aliphatic heterocycles. The minimum Gasteiger partial charge on any atom is -0.351 e. The van der Waals surface area contributed by atoms with Gasteiger partial charge in [0.05, 0.1) is 0 Å². The van der Waals surface area contributed by atoms with Crippen LogP contribution >= 0.6 is 0 Å². The quantitative estimate of drug-likeness (QED) is 0.585. The van der Waals surface area contributed by atoms with Crippen molar-refractivity contribution in [1.82, 2.24) is 15.2 Å². The molecule has 0 saturated heterocycles. The Labute approximate surface area is 182 Å². The molecule has 0 radical (unpaired) electrons. The zero-order valence-electron chi connectivity index (χ0n) is 18.0. The number of aromatic nitrogens is 1. The Kier molecular flexibility index (Phi) is 5.53. The Balaban J connectivity index is 1.28. The van der Waals surface area contributed by atoms with Crippen LogP contribution in [0.5, 0.6) is 0 Å². The molecule has 1 fully saturated rings. The molecule has 1 heterocycles. The summed E-state index contributed by atoms with van der Waals surface area (Å²) in [6.45, 7) is 2.77. The predicted octanol–water partition coefficient (Wildman–Crippen LogP) is 5.36. The van der Waals surface area contributed by atoms with Crippen molar-refractivity contribution in [3.63, 3.8) is 0 Å². The molecule has 1 aromatic heterocycles. The highest BCUT2D eigenvalue weighted by atomic mass is 19.1. The number of nitrogens with one attached hydrogen (secondary N) is 2. The van der Waals surface area contributed by atoms with Crippen molar-refractivity contribution in [3.05, 3.63) is 71.2 Å². The van der Waals surface area contributed by atoms with E-state index in [9.17, 15) is 9.18 Å². The Hall–Kier alpha value is -2.66. The summed E-state index contributed by atoms with van der Waals surface area (Å²) in [6.07, 6.45) is 6.20. The van der Waals surface area contributed by atoms with E-state index < -0.39 is 0 Å². The van der Waals surface area contributed by atoms with Gasteiger partial charge in [-0.05, 0) is 80.8 Å². The lowest BCUT2D eigenvalue weighted by atomic mass is 9.89. The second kappa shape index (κ2) is 8.46. The van der Waals surface area contributed by atoms with Gasteiger partial charge < -0.3 is 15.2 Å². The van der Waals surface area contributed by atoms with E-state index in [1.165, 1.54) is 5.56 Å². The maximum absolute atomic E-state index is 13.5. The second-order valence-electron chi connectivity index (χ2n) is 8.98. The van der Waals surface area contributed by atoms with Crippen molar-refractivity contribution in [2.45, 2.75) is 63.6 Å². The van der Waals surface area contributed by atoms with E-state index in [-0.39, 0.29) is 17.8 Å². The SMILES string of the molecule is CCN(C(=O)c1cc2ccccc2[nH]1)[C@H]1CCC[C@@H](N[C@@H]2CCc3cc(F)ccc32)C1. The number of aryl methyl sites for hydroxylation is 1. The van der Waals surface area contributed by atoms with E-state index >= 15 is 0 Å². The van der Waals surface area contributed by atoms with Crippen LogP contribution in [0.2, 0.25) is 0 Å². The molecule has 0 spiro atoms. The number of halogens is 1. The van der Waals surface area contributed by atoms with Crippen LogP contribution in [0.25, 0.3) is 10.9 Å². The highest BCUT2D eigenvalue weighted by Gasteiger charge is 2.32. The Morgan fingerprint density at radius 1 is 1.16 bits per heavy atom. The maximum atomic E-state index is 13.5. The number of hydrogen-bond donors (Lipinski definition) is 2. The Bertz CT molecular complexity index is 1060.